The number of hydrogen-bond donors (Lipinski definition) is 5. The van der Waals surface area contributed by atoms with Crippen LogP contribution in [0, 0.1) is 56.5 Å². The molecule has 10 atom stereocenters. The molecule has 3 saturated carbocycles. The zero-order valence-electron chi connectivity index (χ0n) is 59.7. The van der Waals surface area contributed by atoms with E-state index in [2.05, 4.69) is 104 Å². The van der Waals surface area contributed by atoms with Gasteiger partial charge in [0.05, 0.1) is 23.7 Å². The quantitative estimate of drug-likeness (QED) is 0.00484. The minimum Gasteiger partial charge on any atom is -0.497 e. The number of nitro groups is 1. The summed E-state index contributed by atoms with van der Waals surface area (Å²) in [5.41, 5.74) is 6.08. The molecule has 0 radical (unpaired) electrons. The van der Waals surface area contributed by atoms with E-state index in [0.29, 0.717) is 66.2 Å². The smallest absolute Gasteiger partial charge is 0.497 e. The van der Waals surface area contributed by atoms with Gasteiger partial charge in [-0.3, -0.25) is 34.6 Å². The van der Waals surface area contributed by atoms with Gasteiger partial charge >= 0.3 is 6.16 Å². The number of nitrogens with zero attached hydrogens (tertiary/aromatic N) is 1. The highest BCUT2D eigenvalue weighted by atomic mass is 35.5. The number of allylic oxidation sites excluding steroid dienone is 1. The summed E-state index contributed by atoms with van der Waals surface area (Å²) in [7, 11) is 1.64. The molecule has 102 heavy (non-hydrogen) atoms. The molecule has 0 heterocycles. The summed E-state index contributed by atoms with van der Waals surface area (Å²) < 4.78 is 22.6. The number of benzene rings is 6. The van der Waals surface area contributed by atoms with Crippen molar-refractivity contribution in [3.8, 4) is 11.5 Å². The number of carbonyl (C=O) groups excluding carboxylic acids is 5. The Morgan fingerprint density at radius 2 is 1.31 bits per heavy atom. The van der Waals surface area contributed by atoms with Crippen LogP contribution >= 0.6 is 11.6 Å². The summed E-state index contributed by atoms with van der Waals surface area (Å²) in [5, 5.41) is 27.3. The number of anilines is 1. The molecule has 17 nitrogen and oxygen atoms in total. The van der Waals surface area contributed by atoms with E-state index in [1.807, 2.05) is 48.5 Å². The molecule has 0 aliphatic heterocycles. The van der Waals surface area contributed by atoms with Crippen molar-refractivity contribution >= 4 is 52.8 Å². The molecule has 3 fully saturated rings. The summed E-state index contributed by atoms with van der Waals surface area (Å²) >= 11 is 6.30. The molecule has 0 bridgehead atoms. The van der Waals surface area contributed by atoms with Crippen LogP contribution < -0.4 is 36.1 Å². The Bertz CT molecular complexity index is 3710. The molecule has 6 aromatic rings. The minimum atomic E-state index is -1.14. The van der Waals surface area contributed by atoms with E-state index < -0.39 is 46.4 Å². The van der Waals surface area contributed by atoms with Crippen LogP contribution in [-0.2, 0) is 47.2 Å². The van der Waals surface area contributed by atoms with Gasteiger partial charge in [-0.2, -0.15) is 0 Å². The number of nitro benzene ring substituents is 1. The predicted octanol–water partition coefficient (Wildman–Crippen LogP) is 17.2. The number of carbonyl (C=O) groups is 5. The number of non-ortho nitro benzene ring substituents is 1. The summed E-state index contributed by atoms with van der Waals surface area (Å²) in [6, 6.07) is 44.7. The molecule has 0 aromatic heterocycles. The number of unbranched alkanes of at least 4 members (excludes halogenated alkanes) is 1. The van der Waals surface area contributed by atoms with Gasteiger partial charge in [-0.05, 0) is 206 Å². The topological polar surface area (TPSA) is 226 Å². The lowest BCUT2D eigenvalue weighted by Crippen LogP contribution is -2.53. The van der Waals surface area contributed by atoms with Crippen molar-refractivity contribution in [2.75, 3.05) is 32.1 Å². The predicted molar refractivity (Wildman–Crippen MR) is 402 cm³/mol. The third-order valence-corrected chi connectivity index (χ3v) is 22.8. The Morgan fingerprint density at radius 1 is 0.657 bits per heavy atom. The van der Waals surface area contributed by atoms with Crippen LogP contribution in [0.2, 0.25) is 5.02 Å². The SMILES string of the molecule is C.COc1ccc(C(NCCCC[C@H](NC(=O)[C@H](Cc2ccc(Cl)cc2)NC(=O)CCC(=O)NCCCO[C@H]2CC[C@@]3(C)C(=CC[C@H]4[C@@H]5CC[C@H]([C@H](C)CCCC(C)C)[C@@]5(C)CC[C@@H]43)C2)C(=O)Nc2ccc(COC(=O)Oc3ccc([N+](=O)[O-])cc3)cc2)(c2ccccc2)c2ccccc2)cc1. The van der Waals surface area contributed by atoms with Crippen molar-refractivity contribution in [1.82, 2.24) is 21.3 Å². The minimum absolute atomic E-state index is 0. The van der Waals surface area contributed by atoms with Crippen LogP contribution in [0.15, 0.2) is 169 Å². The van der Waals surface area contributed by atoms with Gasteiger partial charge in [0.1, 0.15) is 30.2 Å². The van der Waals surface area contributed by atoms with Gasteiger partial charge in [0.2, 0.25) is 23.6 Å². The lowest BCUT2D eigenvalue weighted by Gasteiger charge is -2.58. The standard InChI is InChI=1S/C83H103ClN6O11.CH4/c1-56(2)17-15-18-57(3)71-42-43-72-70-41-30-63-54-69(46-48-81(63,4)73(70)47-49-82(71,72)5)99-52-16-50-85-76(91)44-45-77(92)88-75(53-58-24-31-64(84)32-25-58)79(94)89-74(78(93)87-65-33-26-59(27-34-65)55-100-80(95)101-68-39-35-66(36-40-68)90(96)97)23-13-14-51-86-83(60-19-9-7-10-20-60,61-21-11-8-12-22-61)62-28-37-67(98-6)38-29-62;/h7-12,19-22,24-40,56-57,69-75,86H,13-18,23,41-55H2,1-6H3,(H,85,91)(H,87,93)(H,88,92)(H,89,94);1H4/t57-,69+,70+,71-,72+,73+,74+,75+,81+,82-;/m1./s1. The lowest BCUT2D eigenvalue weighted by atomic mass is 9.47. The summed E-state index contributed by atoms with van der Waals surface area (Å²) in [6.45, 7) is 13.7. The van der Waals surface area contributed by atoms with E-state index in [9.17, 15) is 34.1 Å². The zero-order chi connectivity index (χ0) is 71.5. The average molecular weight is 1410 g/mol. The Hall–Kier alpha value is -8.38. The van der Waals surface area contributed by atoms with Crippen molar-refractivity contribution in [1.29, 1.82) is 0 Å². The van der Waals surface area contributed by atoms with Crippen molar-refractivity contribution in [2.24, 2.45) is 46.3 Å². The second-order valence-electron chi connectivity index (χ2n) is 29.5. The maximum atomic E-state index is 14.8. The largest absolute Gasteiger partial charge is 0.514 e. The number of halogens is 1. The third kappa shape index (κ3) is 19.9. The fourth-order valence-electron chi connectivity index (χ4n) is 17.1. The van der Waals surface area contributed by atoms with Crippen molar-refractivity contribution in [3.63, 3.8) is 0 Å². The molecular weight excluding hydrogens is 1300 g/mol. The molecule has 546 valence electrons. The Kier molecular flexibility index (Phi) is 28.0. The first-order valence-corrected chi connectivity index (χ1v) is 37.0. The fourth-order valence-corrected chi connectivity index (χ4v) is 17.2. The third-order valence-electron chi connectivity index (χ3n) is 22.5. The van der Waals surface area contributed by atoms with E-state index in [1.54, 1.807) is 61.2 Å². The molecule has 18 heteroatoms. The molecule has 4 aliphatic rings. The van der Waals surface area contributed by atoms with Crippen LogP contribution in [-0.4, -0.2) is 79.7 Å². The zero-order valence-corrected chi connectivity index (χ0v) is 60.4. The number of hydrogen-bond acceptors (Lipinski definition) is 12. The first-order valence-electron chi connectivity index (χ1n) is 36.7. The highest BCUT2D eigenvalue weighted by molar-refractivity contribution is 6.30. The molecule has 0 saturated heterocycles. The molecule has 10 rings (SSSR count). The van der Waals surface area contributed by atoms with Crippen LogP contribution in [0.3, 0.4) is 0 Å². The van der Waals surface area contributed by atoms with Gasteiger partial charge in [-0.15, -0.1) is 0 Å². The van der Waals surface area contributed by atoms with E-state index in [4.69, 9.17) is 30.5 Å². The Labute approximate surface area is 608 Å². The number of ether oxygens (including phenoxy) is 4. The molecule has 4 amide bonds. The summed E-state index contributed by atoms with van der Waals surface area (Å²) in [4.78, 5) is 79.6. The van der Waals surface area contributed by atoms with Crippen LogP contribution in [0.1, 0.15) is 179 Å². The van der Waals surface area contributed by atoms with Crippen LogP contribution in [0.4, 0.5) is 16.2 Å². The van der Waals surface area contributed by atoms with Gasteiger partial charge in [-0.1, -0.05) is 182 Å². The van der Waals surface area contributed by atoms with Gasteiger partial charge in [0.15, 0.2) is 0 Å². The Morgan fingerprint density at radius 3 is 1.98 bits per heavy atom. The highest BCUT2D eigenvalue weighted by Gasteiger charge is 2.59. The second-order valence-corrected chi connectivity index (χ2v) is 29.9. The fraction of sp³-hybridized carbons (Fsp3) is 0.488. The summed E-state index contributed by atoms with van der Waals surface area (Å²) in [5.74, 6) is 3.69. The molecule has 4 aliphatic carbocycles. The normalized spacial score (nSPS) is 21.4. The van der Waals surface area contributed by atoms with Gasteiger partial charge < -0.3 is 40.2 Å². The molecule has 5 N–H and O–H groups in total. The van der Waals surface area contributed by atoms with Crippen molar-refractivity contribution < 1.29 is 47.8 Å². The average Bonchev–Trinajstić information content (AvgIpc) is 1.40. The van der Waals surface area contributed by atoms with E-state index >= 15 is 0 Å². The first kappa shape index (κ1) is 77.8. The maximum absolute atomic E-state index is 14.8. The summed E-state index contributed by atoms with van der Waals surface area (Å²) in [6.07, 6.45) is 17.4. The molecule has 0 unspecified atom stereocenters. The monoisotopic (exact) mass is 1410 g/mol. The highest BCUT2D eigenvalue weighted by Crippen LogP contribution is 2.67. The van der Waals surface area contributed by atoms with Crippen LogP contribution in [0.5, 0.6) is 11.5 Å². The maximum Gasteiger partial charge on any atom is 0.514 e. The van der Waals surface area contributed by atoms with Crippen molar-refractivity contribution in [3.05, 3.63) is 212 Å². The van der Waals surface area contributed by atoms with E-state index in [-0.39, 0.29) is 68.6 Å². The first-order chi connectivity index (χ1) is 48.7. The van der Waals surface area contributed by atoms with Gasteiger partial charge in [0.25, 0.3) is 5.69 Å². The molecular formula is C84H107ClN6O11. The lowest BCUT2D eigenvalue weighted by molar-refractivity contribution is -0.384. The molecule has 6 aromatic carbocycles. The number of methoxy groups -OCH3 is 1. The molecule has 0 spiro atoms. The number of nitrogens with one attached hydrogen (secondary N) is 5. The second kappa shape index (κ2) is 36.7. The van der Waals surface area contributed by atoms with Crippen molar-refractivity contribution in [2.45, 2.75) is 188 Å². The van der Waals surface area contributed by atoms with E-state index in [0.717, 1.165) is 77.2 Å². The number of fused-ring (bicyclic) bond motifs is 5. The number of amides is 4. The van der Waals surface area contributed by atoms with Gasteiger partial charge in [-0.25, -0.2) is 4.79 Å². The van der Waals surface area contributed by atoms with Gasteiger partial charge in [0, 0.05) is 55.3 Å². The van der Waals surface area contributed by atoms with Crippen LogP contribution in [0.25, 0.3) is 0 Å². The van der Waals surface area contributed by atoms with E-state index in [1.165, 1.54) is 75.6 Å². The Balaban J connectivity index is 0.0000121. The number of rotatable bonds is 34.